The molecule has 156 valence electrons. The van der Waals surface area contributed by atoms with Crippen LogP contribution in [-0.2, 0) is 17.5 Å². The molecule has 0 aliphatic rings. The Labute approximate surface area is 178 Å². The second-order valence-electron chi connectivity index (χ2n) is 6.51. The topological polar surface area (TPSA) is 64.0 Å². The van der Waals surface area contributed by atoms with E-state index in [4.69, 9.17) is 0 Å². The molecule has 1 N–H and O–H groups in total. The third-order valence-electron chi connectivity index (χ3n) is 4.28. The van der Waals surface area contributed by atoms with Crippen molar-refractivity contribution < 1.29 is 18.0 Å². The molecule has 0 bridgehead atoms. The number of amides is 1. The van der Waals surface area contributed by atoms with Gasteiger partial charge in [0.15, 0.2) is 0 Å². The number of benzene rings is 2. The summed E-state index contributed by atoms with van der Waals surface area (Å²) in [5.74, 6) is -0.355. The highest BCUT2D eigenvalue weighted by Gasteiger charge is 2.29. The van der Waals surface area contributed by atoms with Gasteiger partial charge in [-0.1, -0.05) is 28.1 Å². The molecule has 0 fully saturated rings. The molecule has 0 aliphatic heterocycles. The van der Waals surface area contributed by atoms with Crippen molar-refractivity contribution in [2.45, 2.75) is 25.6 Å². The Morgan fingerprint density at radius 3 is 2.30 bits per heavy atom. The molecule has 3 rings (SSSR count). The number of aryl methyl sites for hydroxylation is 1. The summed E-state index contributed by atoms with van der Waals surface area (Å²) >= 11 is 3.36. The molecule has 0 radical (unpaired) electrons. The largest absolute Gasteiger partial charge is 0.416 e. The Morgan fingerprint density at radius 2 is 1.67 bits per heavy atom. The molecule has 3 aromatic rings. The first-order chi connectivity index (χ1) is 14.2. The maximum Gasteiger partial charge on any atom is 0.416 e. The maximum absolute atomic E-state index is 12.6. The predicted molar refractivity (Wildman–Crippen MR) is 111 cm³/mol. The second kappa shape index (κ2) is 9.25. The van der Waals surface area contributed by atoms with E-state index in [1.165, 1.54) is 22.9 Å². The van der Waals surface area contributed by atoms with Crippen LogP contribution in [0.3, 0.4) is 0 Å². The number of hydrogen-bond donors (Lipinski definition) is 1. The zero-order chi connectivity index (χ0) is 21.7. The minimum Gasteiger partial charge on any atom is -0.326 e. The monoisotopic (exact) mass is 479 g/mol. The number of halogens is 4. The van der Waals surface area contributed by atoms with Crippen molar-refractivity contribution in [2.75, 3.05) is 5.32 Å². The number of alkyl halides is 3. The van der Waals surface area contributed by atoms with Crippen molar-refractivity contribution >= 4 is 27.5 Å². The van der Waals surface area contributed by atoms with Crippen molar-refractivity contribution in [1.29, 1.82) is 0 Å². The molecular weight excluding hydrogens is 463 g/mol. The fourth-order valence-corrected chi connectivity index (χ4v) is 3.00. The van der Waals surface area contributed by atoms with Gasteiger partial charge >= 0.3 is 6.18 Å². The fourth-order valence-electron chi connectivity index (χ4n) is 2.74. The van der Waals surface area contributed by atoms with Crippen LogP contribution in [0.25, 0.3) is 11.3 Å². The molecule has 1 aromatic heterocycles. The zero-order valence-electron chi connectivity index (χ0n) is 15.6. The molecule has 0 saturated heterocycles. The molecular formula is C21H17BrF3N3O2. The van der Waals surface area contributed by atoms with Crippen LogP contribution in [-0.4, -0.2) is 15.7 Å². The summed E-state index contributed by atoms with van der Waals surface area (Å²) in [6.07, 6.45) is -3.98. The van der Waals surface area contributed by atoms with E-state index >= 15 is 0 Å². The van der Waals surface area contributed by atoms with E-state index < -0.39 is 11.7 Å². The van der Waals surface area contributed by atoms with E-state index in [1.807, 2.05) is 24.3 Å². The van der Waals surface area contributed by atoms with Crippen LogP contribution in [0.2, 0.25) is 0 Å². The lowest BCUT2D eigenvalue weighted by atomic mass is 10.1. The Hall–Kier alpha value is -2.94. The lowest BCUT2D eigenvalue weighted by Crippen LogP contribution is -2.23. The van der Waals surface area contributed by atoms with Gasteiger partial charge in [0.05, 0.1) is 11.3 Å². The summed E-state index contributed by atoms with van der Waals surface area (Å²) in [5, 5.41) is 6.88. The van der Waals surface area contributed by atoms with Crippen molar-refractivity contribution in [3.63, 3.8) is 0 Å². The normalized spacial score (nSPS) is 11.3. The summed E-state index contributed by atoms with van der Waals surface area (Å²) in [4.78, 5) is 24.1. The number of rotatable bonds is 6. The third-order valence-corrected chi connectivity index (χ3v) is 4.81. The molecule has 0 atom stereocenters. The van der Waals surface area contributed by atoms with E-state index in [-0.39, 0.29) is 30.1 Å². The van der Waals surface area contributed by atoms with Gasteiger partial charge < -0.3 is 5.32 Å². The number of nitrogens with zero attached hydrogens (tertiary/aromatic N) is 2. The average Bonchev–Trinajstić information content (AvgIpc) is 2.70. The Kier molecular flexibility index (Phi) is 6.71. The van der Waals surface area contributed by atoms with Crippen molar-refractivity contribution in [3.8, 4) is 11.3 Å². The third kappa shape index (κ3) is 5.79. The van der Waals surface area contributed by atoms with E-state index in [1.54, 1.807) is 6.07 Å². The van der Waals surface area contributed by atoms with E-state index in [2.05, 4.69) is 26.3 Å². The summed E-state index contributed by atoms with van der Waals surface area (Å²) in [6.45, 7) is 0.240. The van der Waals surface area contributed by atoms with Gasteiger partial charge in [0.2, 0.25) is 5.91 Å². The van der Waals surface area contributed by atoms with Gasteiger partial charge in [-0.15, -0.1) is 0 Å². The number of nitrogens with one attached hydrogen (secondary N) is 1. The Balaban J connectivity index is 1.57. The number of carbonyl (C=O) groups excluding carboxylic acids is 1. The van der Waals surface area contributed by atoms with Crippen LogP contribution in [0.4, 0.5) is 18.9 Å². The lowest BCUT2D eigenvalue weighted by Gasteiger charge is -2.09. The van der Waals surface area contributed by atoms with Crippen LogP contribution < -0.4 is 10.9 Å². The van der Waals surface area contributed by atoms with Gasteiger partial charge in [0.25, 0.3) is 5.56 Å². The van der Waals surface area contributed by atoms with Crippen LogP contribution in [0.5, 0.6) is 0 Å². The van der Waals surface area contributed by atoms with Crippen LogP contribution in [0.1, 0.15) is 18.4 Å². The highest BCUT2D eigenvalue weighted by atomic mass is 79.9. The SMILES string of the molecule is O=C(CCCn1nc(-c2ccc(Br)cc2)ccc1=O)Nc1ccc(C(F)(F)F)cc1. The number of hydrogen-bond acceptors (Lipinski definition) is 3. The molecule has 30 heavy (non-hydrogen) atoms. The minimum atomic E-state index is -4.42. The van der Waals surface area contributed by atoms with Gasteiger partial charge in [-0.2, -0.15) is 18.3 Å². The minimum absolute atomic E-state index is 0.0949. The van der Waals surface area contributed by atoms with Gasteiger partial charge in [-0.3, -0.25) is 9.59 Å². The molecule has 1 amide bonds. The predicted octanol–water partition coefficient (Wildman–Crippen LogP) is 5.11. The van der Waals surface area contributed by atoms with Crippen LogP contribution in [0, 0.1) is 0 Å². The molecule has 2 aromatic carbocycles. The van der Waals surface area contributed by atoms with Crippen molar-refractivity contribution in [2.24, 2.45) is 0 Å². The summed E-state index contributed by atoms with van der Waals surface area (Å²) in [5.41, 5.74) is 0.708. The zero-order valence-corrected chi connectivity index (χ0v) is 17.2. The smallest absolute Gasteiger partial charge is 0.326 e. The summed E-state index contributed by atoms with van der Waals surface area (Å²) in [7, 11) is 0. The standard InChI is InChI=1S/C21H17BrF3N3O2/c22-16-7-3-14(4-8-16)18-11-12-20(30)28(27-18)13-1-2-19(29)26-17-9-5-15(6-10-17)21(23,24)25/h3-12H,1-2,13H2,(H,26,29). The highest BCUT2D eigenvalue weighted by Crippen LogP contribution is 2.29. The molecule has 0 saturated carbocycles. The van der Waals surface area contributed by atoms with Gasteiger partial charge in [0.1, 0.15) is 0 Å². The maximum atomic E-state index is 12.6. The quantitative estimate of drug-likeness (QED) is 0.534. The molecule has 0 aliphatic carbocycles. The van der Waals surface area contributed by atoms with Gasteiger partial charge in [-0.25, -0.2) is 4.68 Å². The first-order valence-electron chi connectivity index (χ1n) is 9.03. The molecule has 5 nitrogen and oxygen atoms in total. The second-order valence-corrected chi connectivity index (χ2v) is 7.43. The Morgan fingerprint density at radius 1 is 1.00 bits per heavy atom. The molecule has 0 unspecified atom stereocenters. The van der Waals surface area contributed by atoms with Gasteiger partial charge in [-0.05, 0) is 48.9 Å². The van der Waals surface area contributed by atoms with Crippen molar-refractivity contribution in [3.05, 3.63) is 81.1 Å². The highest BCUT2D eigenvalue weighted by molar-refractivity contribution is 9.10. The fraction of sp³-hybridized carbons (Fsp3) is 0.190. The van der Waals surface area contributed by atoms with E-state index in [9.17, 15) is 22.8 Å². The van der Waals surface area contributed by atoms with Gasteiger partial charge in [0, 0.05) is 34.8 Å². The van der Waals surface area contributed by atoms with E-state index in [0.29, 0.717) is 12.1 Å². The molecule has 9 heteroatoms. The number of aromatic nitrogens is 2. The number of carbonyl (C=O) groups is 1. The van der Waals surface area contributed by atoms with Crippen LogP contribution in [0.15, 0.2) is 69.9 Å². The number of anilines is 1. The molecule has 1 heterocycles. The van der Waals surface area contributed by atoms with E-state index in [0.717, 1.165) is 22.2 Å². The van der Waals surface area contributed by atoms with Crippen molar-refractivity contribution in [1.82, 2.24) is 9.78 Å². The lowest BCUT2D eigenvalue weighted by molar-refractivity contribution is -0.137. The average molecular weight is 480 g/mol. The summed E-state index contributed by atoms with van der Waals surface area (Å²) < 4.78 is 39.9. The Bertz CT molecular complexity index is 1080. The first kappa shape index (κ1) is 21.8. The molecule has 0 spiro atoms. The van der Waals surface area contributed by atoms with Crippen LogP contribution >= 0.6 is 15.9 Å². The first-order valence-corrected chi connectivity index (χ1v) is 9.83. The summed E-state index contributed by atoms with van der Waals surface area (Å²) in [6, 6.07) is 14.8.